The number of aliphatic carboxylic acids is 1. The molecule has 0 saturated carbocycles. The summed E-state index contributed by atoms with van der Waals surface area (Å²) in [6, 6.07) is 11.7. The summed E-state index contributed by atoms with van der Waals surface area (Å²) in [5.74, 6) is -0.936. The highest BCUT2D eigenvalue weighted by Gasteiger charge is 2.29. The van der Waals surface area contributed by atoms with Gasteiger partial charge in [0, 0.05) is 17.7 Å². The van der Waals surface area contributed by atoms with Crippen molar-refractivity contribution < 1.29 is 14.7 Å². The molecule has 25 heavy (non-hydrogen) atoms. The van der Waals surface area contributed by atoms with Crippen molar-refractivity contribution in [1.29, 1.82) is 0 Å². The van der Waals surface area contributed by atoms with Gasteiger partial charge in [0.2, 0.25) is 0 Å². The van der Waals surface area contributed by atoms with Crippen molar-refractivity contribution in [3.63, 3.8) is 0 Å². The molecule has 0 unspecified atom stereocenters. The van der Waals surface area contributed by atoms with Crippen LogP contribution in [-0.2, 0) is 4.79 Å². The molecule has 0 aromatic heterocycles. The highest BCUT2D eigenvalue weighted by Crippen LogP contribution is 2.33. The van der Waals surface area contributed by atoms with Crippen molar-refractivity contribution in [1.82, 2.24) is 0 Å². The summed E-state index contributed by atoms with van der Waals surface area (Å²) >= 11 is 0. The van der Waals surface area contributed by atoms with Crippen molar-refractivity contribution >= 4 is 23.5 Å². The summed E-state index contributed by atoms with van der Waals surface area (Å²) in [5, 5.41) is 9.25. The van der Waals surface area contributed by atoms with Gasteiger partial charge in [-0.15, -0.1) is 0 Å². The second kappa shape index (κ2) is 6.55. The third-order valence-corrected chi connectivity index (χ3v) is 4.36. The van der Waals surface area contributed by atoms with Gasteiger partial charge in [-0.1, -0.05) is 41.5 Å². The van der Waals surface area contributed by atoms with Crippen LogP contribution in [0, 0.1) is 20.8 Å². The second-order valence-corrected chi connectivity index (χ2v) is 6.64. The first-order valence-electron chi connectivity index (χ1n) is 8.25. The number of hydrogen-bond donors (Lipinski definition) is 1. The van der Waals surface area contributed by atoms with Gasteiger partial charge in [0.25, 0.3) is 0 Å². The summed E-state index contributed by atoms with van der Waals surface area (Å²) in [6.07, 6.45) is 1.88. The third kappa shape index (κ3) is 3.48. The number of rotatable bonds is 3. The highest BCUT2D eigenvalue weighted by molar-refractivity contribution is 6.17. The molecule has 0 amide bonds. The molecule has 0 radical (unpaired) electrons. The number of fused-ring (bicyclic) bond motifs is 1. The standard InChI is InChI=1S/C21H21NO3/c1-13-7-14(2)9-16(8-13)10-17-11-22(12-19(23)24)20-15(3)5-4-6-18(20)21(17)25/h4-10H,11-12H2,1-3H3,(H,23,24)/b17-10+. The normalized spacial score (nSPS) is 15.4. The Bertz CT molecular complexity index is 876. The fourth-order valence-electron chi connectivity index (χ4n) is 3.50. The number of anilines is 1. The minimum atomic E-state index is -0.908. The zero-order chi connectivity index (χ0) is 18.1. The van der Waals surface area contributed by atoms with Crippen LogP contribution in [0.3, 0.4) is 0 Å². The topological polar surface area (TPSA) is 57.6 Å². The minimum Gasteiger partial charge on any atom is -0.480 e. The number of carboxylic acids is 1. The molecule has 0 spiro atoms. The molecule has 0 bridgehead atoms. The fourth-order valence-corrected chi connectivity index (χ4v) is 3.50. The Morgan fingerprint density at radius 3 is 2.48 bits per heavy atom. The molecule has 4 nitrogen and oxygen atoms in total. The largest absolute Gasteiger partial charge is 0.480 e. The second-order valence-electron chi connectivity index (χ2n) is 6.64. The SMILES string of the molecule is Cc1cc(C)cc(/C=C2\CN(CC(=O)O)c3c(C)cccc3C2=O)c1. The predicted octanol–water partition coefficient (Wildman–Crippen LogP) is 3.78. The number of nitrogens with zero attached hydrogens (tertiary/aromatic N) is 1. The van der Waals surface area contributed by atoms with E-state index in [1.165, 1.54) is 0 Å². The van der Waals surface area contributed by atoms with E-state index in [2.05, 4.69) is 6.07 Å². The molecule has 0 saturated heterocycles. The summed E-state index contributed by atoms with van der Waals surface area (Å²) in [7, 11) is 0. The maximum Gasteiger partial charge on any atom is 0.323 e. The van der Waals surface area contributed by atoms with Gasteiger partial charge in [0.05, 0.1) is 5.69 Å². The van der Waals surface area contributed by atoms with E-state index < -0.39 is 5.97 Å². The highest BCUT2D eigenvalue weighted by atomic mass is 16.4. The van der Waals surface area contributed by atoms with Crippen molar-refractivity contribution in [2.24, 2.45) is 0 Å². The minimum absolute atomic E-state index is 0.0282. The molecular formula is C21H21NO3. The maximum absolute atomic E-state index is 12.9. The molecule has 0 atom stereocenters. The zero-order valence-electron chi connectivity index (χ0n) is 14.7. The number of carbonyl (C=O) groups is 2. The van der Waals surface area contributed by atoms with Gasteiger partial charge >= 0.3 is 5.97 Å². The van der Waals surface area contributed by atoms with Crippen LogP contribution >= 0.6 is 0 Å². The van der Waals surface area contributed by atoms with Crippen molar-refractivity contribution in [3.05, 3.63) is 69.8 Å². The molecule has 128 valence electrons. The van der Waals surface area contributed by atoms with Crippen LogP contribution in [0.1, 0.15) is 32.6 Å². The Balaban J connectivity index is 2.09. The monoisotopic (exact) mass is 335 g/mol. The zero-order valence-corrected chi connectivity index (χ0v) is 14.7. The molecule has 1 aliphatic rings. The van der Waals surface area contributed by atoms with Crippen LogP contribution in [0.25, 0.3) is 6.08 Å². The van der Waals surface area contributed by atoms with Crippen LogP contribution in [0.2, 0.25) is 0 Å². The molecule has 1 aliphatic heterocycles. The number of ketones is 1. The van der Waals surface area contributed by atoms with Gasteiger partial charge in [0.1, 0.15) is 6.54 Å². The van der Waals surface area contributed by atoms with Gasteiger partial charge < -0.3 is 10.0 Å². The Labute approximate surface area is 147 Å². The molecule has 3 rings (SSSR count). The summed E-state index contributed by atoms with van der Waals surface area (Å²) in [6.45, 7) is 6.12. The lowest BCUT2D eigenvalue weighted by Crippen LogP contribution is -2.38. The number of para-hydroxylation sites is 1. The van der Waals surface area contributed by atoms with E-state index in [0.717, 1.165) is 27.9 Å². The van der Waals surface area contributed by atoms with Gasteiger partial charge in [0.15, 0.2) is 5.78 Å². The Morgan fingerprint density at radius 1 is 1.16 bits per heavy atom. The maximum atomic E-state index is 12.9. The molecule has 0 aliphatic carbocycles. The van der Waals surface area contributed by atoms with E-state index in [4.69, 9.17) is 0 Å². The number of benzene rings is 2. The number of hydrogen-bond acceptors (Lipinski definition) is 3. The van der Waals surface area contributed by atoms with Gasteiger partial charge in [-0.3, -0.25) is 9.59 Å². The van der Waals surface area contributed by atoms with Crippen LogP contribution in [0.5, 0.6) is 0 Å². The van der Waals surface area contributed by atoms with Gasteiger partial charge in [-0.2, -0.15) is 0 Å². The lowest BCUT2D eigenvalue weighted by molar-refractivity contribution is -0.135. The van der Waals surface area contributed by atoms with Crippen molar-refractivity contribution in [3.8, 4) is 0 Å². The first-order chi connectivity index (χ1) is 11.8. The first-order valence-corrected chi connectivity index (χ1v) is 8.25. The van der Waals surface area contributed by atoms with E-state index in [1.54, 1.807) is 11.0 Å². The molecule has 1 N–H and O–H groups in total. The Kier molecular flexibility index (Phi) is 4.45. The van der Waals surface area contributed by atoms with Crippen LogP contribution in [0.15, 0.2) is 42.0 Å². The van der Waals surface area contributed by atoms with E-state index in [9.17, 15) is 14.7 Å². The smallest absolute Gasteiger partial charge is 0.323 e. The average molecular weight is 335 g/mol. The summed E-state index contributed by atoms with van der Waals surface area (Å²) in [5.41, 5.74) is 6.06. The lowest BCUT2D eigenvalue weighted by atomic mass is 9.92. The number of Topliss-reactive ketones (excluding diaryl/α,β-unsaturated/α-hetero) is 1. The Morgan fingerprint density at radius 2 is 1.84 bits per heavy atom. The average Bonchev–Trinajstić information content (AvgIpc) is 2.50. The van der Waals surface area contributed by atoms with Crippen molar-refractivity contribution in [2.75, 3.05) is 18.0 Å². The number of aryl methyl sites for hydroxylation is 3. The molecule has 2 aromatic carbocycles. The molecule has 1 heterocycles. The number of carbonyl (C=O) groups excluding carboxylic acids is 1. The third-order valence-electron chi connectivity index (χ3n) is 4.36. The fraction of sp³-hybridized carbons (Fsp3) is 0.238. The van der Waals surface area contributed by atoms with E-state index in [0.29, 0.717) is 17.7 Å². The summed E-state index contributed by atoms with van der Waals surface area (Å²) in [4.78, 5) is 26.0. The molecule has 4 heteroatoms. The first kappa shape index (κ1) is 17.0. The van der Waals surface area contributed by atoms with E-state index in [-0.39, 0.29) is 12.3 Å². The lowest BCUT2D eigenvalue weighted by Gasteiger charge is -2.32. The van der Waals surface area contributed by atoms with E-state index >= 15 is 0 Å². The molecule has 2 aromatic rings. The van der Waals surface area contributed by atoms with Crippen LogP contribution in [-0.4, -0.2) is 29.9 Å². The van der Waals surface area contributed by atoms with E-state index in [1.807, 2.05) is 51.1 Å². The molecule has 0 fully saturated rings. The molecular weight excluding hydrogens is 314 g/mol. The number of carboxylic acid groups (broad SMARTS) is 1. The van der Waals surface area contributed by atoms with Crippen LogP contribution in [0.4, 0.5) is 5.69 Å². The Hall–Kier alpha value is -2.88. The predicted molar refractivity (Wildman–Crippen MR) is 99.3 cm³/mol. The summed E-state index contributed by atoms with van der Waals surface area (Å²) < 4.78 is 0. The van der Waals surface area contributed by atoms with Gasteiger partial charge in [-0.05, 0) is 44.0 Å². The van der Waals surface area contributed by atoms with Crippen LogP contribution < -0.4 is 4.90 Å². The van der Waals surface area contributed by atoms with Crippen molar-refractivity contribution in [2.45, 2.75) is 20.8 Å². The quantitative estimate of drug-likeness (QED) is 0.867. The van der Waals surface area contributed by atoms with Gasteiger partial charge in [-0.25, -0.2) is 0 Å².